The van der Waals surface area contributed by atoms with Crippen LogP contribution in [0.25, 0.3) is 11.2 Å². The van der Waals surface area contributed by atoms with Crippen LogP contribution in [-0.4, -0.2) is 47.3 Å². The van der Waals surface area contributed by atoms with E-state index >= 15 is 0 Å². The quantitative estimate of drug-likeness (QED) is 0.252. The number of aliphatic hydroxyl groups is 1. The van der Waals surface area contributed by atoms with Crippen LogP contribution in [-0.2, 0) is 20.6 Å². The van der Waals surface area contributed by atoms with Gasteiger partial charge in [0.1, 0.15) is 24.2 Å². The molecule has 1 atom stereocenters. The van der Waals surface area contributed by atoms with Gasteiger partial charge in [-0.1, -0.05) is 30.3 Å². The zero-order chi connectivity index (χ0) is 26.0. The molecular formula is C25H28N6O5. The number of hydrogen-bond donors (Lipinski definition) is 3. The molecule has 4 rings (SSSR count). The van der Waals surface area contributed by atoms with E-state index in [0.717, 1.165) is 10.1 Å². The van der Waals surface area contributed by atoms with Gasteiger partial charge in [0.2, 0.25) is 5.95 Å². The molecule has 0 aliphatic carbocycles. The highest BCUT2D eigenvalue weighted by molar-refractivity contribution is 6.01. The van der Waals surface area contributed by atoms with E-state index in [2.05, 4.69) is 15.5 Å². The van der Waals surface area contributed by atoms with Crippen LogP contribution in [0.3, 0.4) is 0 Å². The Morgan fingerprint density at radius 3 is 2.53 bits per heavy atom. The molecule has 36 heavy (non-hydrogen) atoms. The second kappa shape index (κ2) is 10.1. The van der Waals surface area contributed by atoms with Gasteiger partial charge in [0.15, 0.2) is 11.2 Å². The first-order valence-corrected chi connectivity index (χ1v) is 11.3. The lowest BCUT2D eigenvalue weighted by Crippen LogP contribution is -2.38. The molecule has 0 aliphatic heterocycles. The van der Waals surface area contributed by atoms with Crippen molar-refractivity contribution in [3.63, 3.8) is 0 Å². The highest BCUT2D eigenvalue weighted by Crippen LogP contribution is 2.20. The third-order valence-electron chi connectivity index (χ3n) is 5.88. The number of phenols is 1. The lowest BCUT2D eigenvalue weighted by atomic mass is 10.1. The van der Waals surface area contributed by atoms with Gasteiger partial charge in [0.25, 0.3) is 5.56 Å². The first kappa shape index (κ1) is 24.7. The first-order chi connectivity index (χ1) is 17.2. The number of rotatable bonds is 8. The van der Waals surface area contributed by atoms with E-state index in [9.17, 15) is 19.8 Å². The fourth-order valence-electron chi connectivity index (χ4n) is 3.85. The zero-order valence-electron chi connectivity index (χ0n) is 20.5. The Morgan fingerprint density at radius 1 is 1.11 bits per heavy atom. The Balaban J connectivity index is 1.71. The van der Waals surface area contributed by atoms with Crippen LogP contribution < -0.4 is 21.4 Å². The lowest BCUT2D eigenvalue weighted by Gasteiger charge is -2.16. The highest BCUT2D eigenvalue weighted by Gasteiger charge is 2.21. The fraction of sp³-hybridized carbons (Fsp3) is 0.280. The minimum absolute atomic E-state index is 0.0315. The molecule has 0 bridgehead atoms. The van der Waals surface area contributed by atoms with Gasteiger partial charge in [0, 0.05) is 19.7 Å². The van der Waals surface area contributed by atoms with Crippen LogP contribution in [0.1, 0.15) is 18.1 Å². The first-order valence-electron chi connectivity index (χ1n) is 11.3. The molecule has 11 nitrogen and oxygen atoms in total. The van der Waals surface area contributed by atoms with Crippen LogP contribution in [0, 0.1) is 6.92 Å². The van der Waals surface area contributed by atoms with Crippen molar-refractivity contribution in [2.24, 2.45) is 19.2 Å². The largest absolute Gasteiger partial charge is 0.507 e. The molecule has 1 unspecified atom stereocenters. The molecule has 4 aromatic rings. The van der Waals surface area contributed by atoms with Gasteiger partial charge < -0.3 is 19.5 Å². The smallest absolute Gasteiger partial charge is 0.332 e. The van der Waals surface area contributed by atoms with Gasteiger partial charge in [-0.25, -0.2) is 10.2 Å². The summed E-state index contributed by atoms with van der Waals surface area (Å²) in [5.41, 5.74) is 3.94. The van der Waals surface area contributed by atoms with E-state index in [1.807, 2.05) is 31.2 Å². The molecule has 2 aromatic carbocycles. The summed E-state index contributed by atoms with van der Waals surface area (Å²) in [6, 6.07) is 14.2. The Labute approximate surface area is 206 Å². The number of aromatic hydroxyl groups is 1. The number of aliphatic hydroxyl groups excluding tert-OH is 1. The molecule has 2 aromatic heterocycles. The molecule has 0 saturated heterocycles. The molecule has 0 radical (unpaired) electrons. The molecule has 0 spiro atoms. The van der Waals surface area contributed by atoms with E-state index in [1.54, 1.807) is 31.2 Å². The number of para-hydroxylation sites is 2. The number of benzene rings is 2. The van der Waals surface area contributed by atoms with E-state index in [-0.39, 0.29) is 36.0 Å². The van der Waals surface area contributed by atoms with Gasteiger partial charge in [0.05, 0.1) is 12.3 Å². The molecule has 3 N–H and O–H groups in total. The number of aromatic nitrogens is 4. The van der Waals surface area contributed by atoms with Crippen molar-refractivity contribution >= 4 is 22.8 Å². The van der Waals surface area contributed by atoms with Crippen LogP contribution in [0.15, 0.2) is 63.2 Å². The third kappa shape index (κ3) is 4.73. The Morgan fingerprint density at radius 2 is 1.81 bits per heavy atom. The number of phenolic OH excluding ortho intramolecular Hbond substituents is 1. The summed E-state index contributed by atoms with van der Waals surface area (Å²) in [6.45, 7) is 3.52. The summed E-state index contributed by atoms with van der Waals surface area (Å²) in [5, 5.41) is 25.2. The predicted octanol–water partition coefficient (Wildman–Crippen LogP) is 1.72. The van der Waals surface area contributed by atoms with E-state index in [0.29, 0.717) is 17.0 Å². The summed E-state index contributed by atoms with van der Waals surface area (Å²) in [5.74, 6) is 0.855. The summed E-state index contributed by atoms with van der Waals surface area (Å²) in [4.78, 5) is 29.9. The maximum absolute atomic E-state index is 13.0. The number of ether oxygens (including phenoxy) is 1. The summed E-state index contributed by atoms with van der Waals surface area (Å²) in [7, 11) is 2.90. The average molecular weight is 493 g/mol. The highest BCUT2D eigenvalue weighted by atomic mass is 16.5. The van der Waals surface area contributed by atoms with Gasteiger partial charge >= 0.3 is 5.69 Å². The van der Waals surface area contributed by atoms with Crippen molar-refractivity contribution in [1.82, 2.24) is 18.7 Å². The van der Waals surface area contributed by atoms with Crippen molar-refractivity contribution < 1.29 is 14.9 Å². The zero-order valence-corrected chi connectivity index (χ0v) is 20.5. The molecule has 2 heterocycles. The maximum Gasteiger partial charge on any atom is 0.332 e. The third-order valence-corrected chi connectivity index (χ3v) is 5.88. The van der Waals surface area contributed by atoms with Gasteiger partial charge in [-0.2, -0.15) is 10.1 Å². The molecule has 0 fully saturated rings. The number of hydrazone groups is 1. The fourth-order valence-corrected chi connectivity index (χ4v) is 3.85. The predicted molar refractivity (Wildman–Crippen MR) is 137 cm³/mol. The summed E-state index contributed by atoms with van der Waals surface area (Å²) in [6.07, 6.45) is -1.01. The number of nitrogens with zero attached hydrogens (tertiary/aromatic N) is 5. The average Bonchev–Trinajstić information content (AvgIpc) is 3.22. The van der Waals surface area contributed by atoms with E-state index < -0.39 is 17.4 Å². The topological polar surface area (TPSA) is 136 Å². The minimum atomic E-state index is -1.01. The van der Waals surface area contributed by atoms with Gasteiger partial charge in [-0.3, -0.25) is 13.9 Å². The Bertz CT molecular complexity index is 1570. The Hall–Kier alpha value is -4.38. The summed E-state index contributed by atoms with van der Waals surface area (Å²) >= 11 is 0. The molecule has 188 valence electrons. The van der Waals surface area contributed by atoms with Gasteiger partial charge in [-0.15, -0.1) is 0 Å². The number of fused-ring (bicyclic) bond motifs is 1. The molecule has 0 amide bonds. The normalized spacial score (nSPS) is 12.6. The second-order valence-electron chi connectivity index (χ2n) is 8.48. The van der Waals surface area contributed by atoms with Crippen molar-refractivity contribution in [2.45, 2.75) is 26.5 Å². The van der Waals surface area contributed by atoms with Gasteiger partial charge in [-0.05, 0) is 37.6 Å². The van der Waals surface area contributed by atoms with Crippen molar-refractivity contribution in [2.75, 3.05) is 12.0 Å². The van der Waals surface area contributed by atoms with Crippen molar-refractivity contribution in [1.29, 1.82) is 0 Å². The maximum atomic E-state index is 13.0. The minimum Gasteiger partial charge on any atom is -0.507 e. The second-order valence-corrected chi connectivity index (χ2v) is 8.48. The van der Waals surface area contributed by atoms with Crippen molar-refractivity contribution in [3.8, 4) is 11.5 Å². The number of anilines is 1. The molecule has 0 saturated carbocycles. The monoisotopic (exact) mass is 492 g/mol. The van der Waals surface area contributed by atoms with Crippen LogP contribution in [0.5, 0.6) is 11.5 Å². The van der Waals surface area contributed by atoms with E-state index in [1.165, 1.54) is 23.2 Å². The summed E-state index contributed by atoms with van der Waals surface area (Å²) < 4.78 is 9.49. The van der Waals surface area contributed by atoms with Crippen LogP contribution >= 0.6 is 0 Å². The number of aryl methyl sites for hydroxylation is 2. The van der Waals surface area contributed by atoms with E-state index in [4.69, 9.17) is 4.74 Å². The molecule has 0 aliphatic rings. The van der Waals surface area contributed by atoms with Crippen LogP contribution in [0.2, 0.25) is 0 Å². The number of hydrogen-bond acceptors (Lipinski definition) is 8. The number of nitrogens with one attached hydrogen (secondary N) is 1. The lowest BCUT2D eigenvalue weighted by molar-refractivity contribution is 0.0935. The standard InChI is InChI=1S/C25H28N6O5/c1-15-9-5-8-12-20(15)36-14-17(32)13-31-21-22(29(3)25(35)30(4)23(21)34)26-24(31)28-27-16(2)18-10-6-7-11-19(18)33/h5-12,17,32-33H,13-14H2,1-4H3,(H,26,28). The van der Waals surface area contributed by atoms with Crippen molar-refractivity contribution in [3.05, 3.63) is 80.5 Å². The number of imidazole rings is 1. The Kier molecular flexibility index (Phi) is 6.93. The molecule has 11 heteroatoms. The SMILES string of the molecule is CC(=NNc1nc2c(c(=O)n(C)c(=O)n2C)n1CC(O)COc1ccccc1C)c1ccccc1O. The molecular weight excluding hydrogens is 464 g/mol. The van der Waals surface area contributed by atoms with Crippen LogP contribution in [0.4, 0.5) is 5.95 Å².